The third-order valence-electron chi connectivity index (χ3n) is 2.87. The molecule has 0 aliphatic carbocycles. The van der Waals surface area contributed by atoms with Gasteiger partial charge in [0.2, 0.25) is 10.0 Å². The van der Waals surface area contributed by atoms with E-state index in [2.05, 4.69) is 5.32 Å². The summed E-state index contributed by atoms with van der Waals surface area (Å²) in [6, 6.07) is 5.66. The van der Waals surface area contributed by atoms with Crippen molar-refractivity contribution in [3.8, 4) is 0 Å². The largest absolute Gasteiger partial charge is 0.472 e. The van der Waals surface area contributed by atoms with Crippen molar-refractivity contribution in [1.82, 2.24) is 0 Å². The van der Waals surface area contributed by atoms with Crippen molar-refractivity contribution in [2.45, 2.75) is 11.8 Å². The van der Waals surface area contributed by atoms with Crippen molar-refractivity contribution in [3.63, 3.8) is 0 Å². The number of hydrogen-bond acceptors (Lipinski definition) is 6. The van der Waals surface area contributed by atoms with Gasteiger partial charge >= 0.3 is 5.97 Å². The molecular weight excluding hydrogens is 324 g/mol. The molecule has 0 radical (unpaired) electrons. The van der Waals surface area contributed by atoms with E-state index in [0.717, 1.165) is 0 Å². The Hall–Kier alpha value is -2.65. The number of furan rings is 1. The number of primary sulfonamides is 1. The van der Waals surface area contributed by atoms with E-state index in [9.17, 15) is 18.0 Å². The molecule has 0 aliphatic heterocycles. The second-order valence-corrected chi connectivity index (χ2v) is 6.19. The van der Waals surface area contributed by atoms with Gasteiger partial charge in [0.1, 0.15) is 6.26 Å². The first-order valence-electron chi connectivity index (χ1n) is 6.40. The minimum Gasteiger partial charge on any atom is -0.472 e. The van der Waals surface area contributed by atoms with Gasteiger partial charge in [-0.1, -0.05) is 6.07 Å². The highest BCUT2D eigenvalue weighted by atomic mass is 32.2. The van der Waals surface area contributed by atoms with Crippen LogP contribution in [-0.2, 0) is 19.6 Å². The summed E-state index contributed by atoms with van der Waals surface area (Å²) in [4.78, 5) is 23.2. The van der Waals surface area contributed by atoms with E-state index < -0.39 is 28.5 Å². The van der Waals surface area contributed by atoms with Crippen LogP contribution in [0.3, 0.4) is 0 Å². The molecule has 0 spiro atoms. The Kier molecular flexibility index (Phi) is 4.82. The van der Waals surface area contributed by atoms with Crippen LogP contribution in [0.25, 0.3) is 0 Å². The molecule has 0 saturated carbocycles. The number of esters is 1. The van der Waals surface area contributed by atoms with Gasteiger partial charge in [-0.2, -0.15) is 0 Å². The predicted molar refractivity (Wildman–Crippen MR) is 80.2 cm³/mol. The van der Waals surface area contributed by atoms with Crippen LogP contribution in [0, 0.1) is 6.92 Å². The van der Waals surface area contributed by atoms with Gasteiger partial charge in [0.15, 0.2) is 6.61 Å². The predicted octanol–water partition coefficient (Wildman–Crippen LogP) is 1.03. The first kappa shape index (κ1) is 16.7. The summed E-state index contributed by atoms with van der Waals surface area (Å²) < 4.78 is 32.4. The topological polar surface area (TPSA) is 129 Å². The highest BCUT2D eigenvalue weighted by molar-refractivity contribution is 7.89. The minimum absolute atomic E-state index is 0.0920. The summed E-state index contributed by atoms with van der Waals surface area (Å²) >= 11 is 0. The molecule has 0 fully saturated rings. The highest BCUT2D eigenvalue weighted by Gasteiger charge is 2.14. The minimum atomic E-state index is -3.89. The zero-order chi connectivity index (χ0) is 17.0. The lowest BCUT2D eigenvalue weighted by Gasteiger charge is -2.09. The fourth-order valence-corrected chi connectivity index (χ4v) is 2.58. The van der Waals surface area contributed by atoms with E-state index in [4.69, 9.17) is 14.3 Å². The van der Waals surface area contributed by atoms with Crippen LogP contribution in [0.1, 0.15) is 15.9 Å². The SMILES string of the molecule is Cc1ccc(NC(=O)COC(=O)c2ccoc2)cc1S(N)(=O)=O. The summed E-state index contributed by atoms with van der Waals surface area (Å²) in [6.45, 7) is 1.06. The van der Waals surface area contributed by atoms with Crippen LogP contribution < -0.4 is 10.5 Å². The molecule has 3 N–H and O–H groups in total. The van der Waals surface area contributed by atoms with Crippen LogP contribution in [-0.4, -0.2) is 26.9 Å². The third kappa shape index (κ3) is 4.41. The number of ether oxygens (including phenoxy) is 1. The van der Waals surface area contributed by atoms with Crippen molar-refractivity contribution < 1.29 is 27.2 Å². The Morgan fingerprint density at radius 2 is 2.04 bits per heavy atom. The normalized spacial score (nSPS) is 11.0. The number of benzene rings is 1. The van der Waals surface area contributed by atoms with Gasteiger partial charge in [-0.25, -0.2) is 18.4 Å². The van der Waals surface area contributed by atoms with Gasteiger partial charge in [0.05, 0.1) is 16.7 Å². The number of rotatable bonds is 5. The molecule has 0 unspecified atom stereocenters. The lowest BCUT2D eigenvalue weighted by Crippen LogP contribution is -2.21. The lowest BCUT2D eigenvalue weighted by molar-refractivity contribution is -0.119. The molecule has 9 heteroatoms. The van der Waals surface area contributed by atoms with Crippen LogP contribution in [0.5, 0.6) is 0 Å². The summed E-state index contributed by atoms with van der Waals surface area (Å²) in [5.41, 5.74) is 0.866. The van der Waals surface area contributed by atoms with Crippen LogP contribution in [0.15, 0.2) is 46.1 Å². The van der Waals surface area contributed by atoms with E-state index in [1.165, 1.54) is 36.8 Å². The zero-order valence-electron chi connectivity index (χ0n) is 12.1. The number of nitrogens with two attached hydrogens (primary N) is 1. The lowest BCUT2D eigenvalue weighted by atomic mass is 10.2. The Morgan fingerprint density at radius 3 is 2.65 bits per heavy atom. The van der Waals surface area contributed by atoms with E-state index >= 15 is 0 Å². The van der Waals surface area contributed by atoms with E-state index in [-0.39, 0.29) is 16.1 Å². The molecular formula is C14H14N2O6S. The Morgan fingerprint density at radius 1 is 1.30 bits per heavy atom. The van der Waals surface area contributed by atoms with Gasteiger partial charge in [0, 0.05) is 5.69 Å². The Balaban J connectivity index is 1.99. The second-order valence-electron chi connectivity index (χ2n) is 4.66. The molecule has 0 bridgehead atoms. The van der Waals surface area contributed by atoms with Crippen molar-refractivity contribution >= 4 is 27.6 Å². The van der Waals surface area contributed by atoms with Gasteiger partial charge in [-0.05, 0) is 30.7 Å². The molecule has 2 rings (SSSR count). The quantitative estimate of drug-likeness (QED) is 0.783. The van der Waals surface area contributed by atoms with Crippen molar-refractivity contribution in [3.05, 3.63) is 47.9 Å². The van der Waals surface area contributed by atoms with Crippen molar-refractivity contribution in [2.75, 3.05) is 11.9 Å². The number of hydrogen-bond donors (Lipinski definition) is 2. The molecule has 8 nitrogen and oxygen atoms in total. The summed E-state index contributed by atoms with van der Waals surface area (Å²) in [5.74, 6) is -1.32. The average Bonchev–Trinajstić information content (AvgIpc) is 3.00. The molecule has 0 atom stereocenters. The Labute approximate surface area is 132 Å². The van der Waals surface area contributed by atoms with Crippen LogP contribution in [0.2, 0.25) is 0 Å². The fraction of sp³-hybridized carbons (Fsp3) is 0.143. The molecule has 1 aromatic heterocycles. The molecule has 1 aromatic carbocycles. The van der Waals surface area contributed by atoms with Crippen LogP contribution >= 0.6 is 0 Å². The first-order chi connectivity index (χ1) is 10.8. The maximum Gasteiger partial charge on any atom is 0.341 e. The fourth-order valence-electron chi connectivity index (χ4n) is 1.78. The Bertz CT molecular complexity index is 827. The molecule has 0 saturated heterocycles. The van der Waals surface area contributed by atoms with Gasteiger partial charge < -0.3 is 14.5 Å². The highest BCUT2D eigenvalue weighted by Crippen LogP contribution is 2.18. The molecule has 1 amide bonds. The summed E-state index contributed by atoms with van der Waals surface area (Å²) in [5, 5.41) is 7.51. The smallest absolute Gasteiger partial charge is 0.341 e. The summed E-state index contributed by atoms with van der Waals surface area (Å²) in [6.07, 6.45) is 2.50. The van der Waals surface area contributed by atoms with Crippen molar-refractivity contribution in [1.29, 1.82) is 0 Å². The van der Waals surface area contributed by atoms with Crippen molar-refractivity contribution in [2.24, 2.45) is 5.14 Å². The monoisotopic (exact) mass is 338 g/mol. The maximum absolute atomic E-state index is 11.7. The van der Waals surface area contributed by atoms with Gasteiger partial charge in [-0.3, -0.25) is 4.79 Å². The second kappa shape index (κ2) is 6.63. The third-order valence-corrected chi connectivity index (χ3v) is 3.92. The molecule has 2 aromatic rings. The molecule has 1 heterocycles. The first-order valence-corrected chi connectivity index (χ1v) is 7.94. The molecule has 23 heavy (non-hydrogen) atoms. The number of nitrogens with one attached hydrogen (secondary N) is 1. The van der Waals surface area contributed by atoms with E-state index in [1.54, 1.807) is 6.92 Å². The number of anilines is 1. The molecule has 122 valence electrons. The number of sulfonamides is 1. The summed E-state index contributed by atoms with van der Waals surface area (Å²) in [7, 11) is -3.89. The number of carbonyl (C=O) groups is 2. The number of carbonyl (C=O) groups excluding carboxylic acids is 2. The molecule has 0 aliphatic rings. The number of aryl methyl sites for hydroxylation is 1. The van der Waals surface area contributed by atoms with Gasteiger partial charge in [0.25, 0.3) is 5.91 Å². The standard InChI is InChI=1S/C14H14N2O6S/c1-9-2-3-11(6-12(9)23(15,19)20)16-13(17)8-22-14(18)10-4-5-21-7-10/h2-7H,8H2,1H3,(H,16,17)(H2,15,19,20). The van der Waals surface area contributed by atoms with Crippen LogP contribution in [0.4, 0.5) is 5.69 Å². The average molecular weight is 338 g/mol. The maximum atomic E-state index is 11.7. The van der Waals surface area contributed by atoms with E-state index in [0.29, 0.717) is 5.56 Å². The zero-order valence-corrected chi connectivity index (χ0v) is 12.9. The van der Waals surface area contributed by atoms with E-state index in [1.807, 2.05) is 0 Å². The van der Waals surface area contributed by atoms with Gasteiger partial charge in [-0.15, -0.1) is 0 Å². The number of amides is 1.